The SMILES string of the molecule is C.C.C.CCC(=O)O.II.O.O.[Cl][Pt+2][Cl].[Cl][Pt+2][Cl].[N-]=[N+]=NCC(=O)O.[N-]=[N+]=NCC(=O)OC(=O)CN=[N+]=[N-].[NH2-].[NH2-].[NH2-].[NH2-]. The van der Waals surface area contributed by atoms with Gasteiger partial charge < -0.3 is 50.5 Å². The summed E-state index contributed by atoms with van der Waals surface area (Å²) in [7, 11) is 19.5. The van der Waals surface area contributed by atoms with Gasteiger partial charge in [0.25, 0.3) is 0 Å². The number of carboxylic acid groups (broad SMARTS) is 2. The van der Waals surface area contributed by atoms with Gasteiger partial charge in [-0.1, -0.05) is 44.5 Å². The van der Waals surface area contributed by atoms with Crippen LogP contribution in [0.3, 0.4) is 0 Å². The van der Waals surface area contributed by atoms with E-state index in [2.05, 4.69) is 72.0 Å². The Morgan fingerprint density at radius 1 is 0.690 bits per heavy atom. The maximum atomic E-state index is 10.5. The molecule has 0 bridgehead atoms. The van der Waals surface area contributed by atoms with Crippen molar-refractivity contribution in [1.29, 1.82) is 0 Å². The van der Waals surface area contributed by atoms with E-state index in [0.717, 1.165) is 0 Å². The van der Waals surface area contributed by atoms with Gasteiger partial charge >= 0.3 is 94.5 Å². The molecule has 0 heterocycles. The summed E-state index contributed by atoms with van der Waals surface area (Å²) < 4.78 is 4.05. The van der Waals surface area contributed by atoms with E-state index in [4.69, 9.17) is 64.5 Å². The standard InChI is InChI=1S/C4H4N6O3.C3H6O2.C2H3N3O2.3CH4.4ClH.I2.4H2N.2H2O.2Pt/c5-9-7-1-3(11)13-4(12)2-8-10-6;1-2-3(4)5;3-5-4-1-2(6)7;;;;;;;;1-2;;;;;;;;/h1-2H2;2H2,1H3,(H,4,5);1H2,(H,6,7);3*1H4;4*1H;;6*1H2;;/q;;;;;;;;;;;4*-1;;;2*+4/p-4. The molecule has 266 valence electrons. The molecule has 0 aromatic rings. The minimum absolute atomic E-state index is 0. The van der Waals surface area contributed by atoms with Crippen molar-refractivity contribution in [3.8, 4) is 0 Å². The summed E-state index contributed by atoms with van der Waals surface area (Å²) in [5.41, 5.74) is 23.1. The molecule has 0 spiro atoms. The third-order valence-corrected chi connectivity index (χ3v) is 1.33. The molecular weight excluding hydrogens is 1260 g/mol. The minimum atomic E-state index is -1.11. The van der Waals surface area contributed by atoms with Gasteiger partial charge in [0.05, 0.1) is 0 Å². The summed E-state index contributed by atoms with van der Waals surface area (Å²) in [6.07, 6.45) is 0.222. The molecule has 0 unspecified atom stereocenters. The largest absolute Gasteiger partial charge is 0.693 e. The zero-order valence-electron chi connectivity index (χ0n) is 19.0. The fourth-order valence-corrected chi connectivity index (χ4v) is 0.462. The number of nitrogens with zero attached hydrogens (tertiary/aromatic N) is 9. The third-order valence-electron chi connectivity index (χ3n) is 1.33. The Labute approximate surface area is 300 Å². The average molecular weight is 1290 g/mol. The number of rotatable bonds is 7. The number of hydrogen-bond acceptors (Lipinski definition) is 8. The number of nitrogens with two attached hydrogens (primary N) is 4. The van der Waals surface area contributed by atoms with Crippen LogP contribution in [0.1, 0.15) is 35.6 Å². The van der Waals surface area contributed by atoms with Crippen molar-refractivity contribution >= 4 is 98.8 Å². The van der Waals surface area contributed by atoms with Crippen molar-refractivity contribution in [2.75, 3.05) is 19.6 Å². The maximum Gasteiger partial charge on any atom is 0.319 e. The van der Waals surface area contributed by atoms with Gasteiger partial charge in [-0.2, -0.15) is 0 Å². The molecule has 0 aromatic carbocycles. The number of halogens is 6. The number of esters is 2. The van der Waals surface area contributed by atoms with Crippen LogP contribution in [0.25, 0.3) is 55.9 Å². The molecule has 22 nitrogen and oxygen atoms in total. The van der Waals surface area contributed by atoms with Crippen molar-refractivity contribution in [1.82, 2.24) is 0 Å². The van der Waals surface area contributed by atoms with E-state index in [1.54, 1.807) is 6.92 Å². The summed E-state index contributed by atoms with van der Waals surface area (Å²) in [5, 5.41) is 24.0. The van der Waals surface area contributed by atoms with Gasteiger partial charge in [0, 0.05) is 58.4 Å². The molecule has 0 atom stereocenters. The summed E-state index contributed by atoms with van der Waals surface area (Å²) in [4.78, 5) is 46.7. The molecule has 42 heavy (non-hydrogen) atoms. The topological polar surface area (TPSA) is 461 Å². The van der Waals surface area contributed by atoms with Crippen molar-refractivity contribution in [2.24, 2.45) is 15.3 Å². The summed E-state index contributed by atoms with van der Waals surface area (Å²) in [5.74, 6) is -3.84. The number of aliphatic carboxylic acids is 2. The first-order valence-electron chi connectivity index (χ1n) is 6.56. The molecular formula is C12H37Cl4I2N13O9Pt2. The Balaban J connectivity index is -0.0000000170. The van der Waals surface area contributed by atoms with Crippen LogP contribution in [-0.4, -0.2) is 64.7 Å². The summed E-state index contributed by atoms with van der Waals surface area (Å²) in [6, 6.07) is 0. The van der Waals surface area contributed by atoms with Crippen molar-refractivity contribution < 1.29 is 78.0 Å². The van der Waals surface area contributed by atoms with Gasteiger partial charge in [0.1, 0.15) is 19.6 Å². The Morgan fingerprint density at radius 2 is 0.881 bits per heavy atom. The first-order chi connectivity index (χ1) is 15.6. The summed E-state index contributed by atoms with van der Waals surface area (Å²) >= 11 is 3.30. The molecule has 30 heteroatoms. The van der Waals surface area contributed by atoms with Gasteiger partial charge in [0.15, 0.2) is 0 Å². The second kappa shape index (κ2) is 105. The smallest absolute Gasteiger partial charge is 0.319 e. The first kappa shape index (κ1) is 96.9. The number of ether oxygens (including phenoxy) is 1. The molecule has 0 saturated carbocycles. The number of carbonyl (C=O) groups excluding carboxylic acids is 2. The van der Waals surface area contributed by atoms with E-state index >= 15 is 0 Å². The van der Waals surface area contributed by atoms with Gasteiger partial charge in [-0.15, -0.1) is 0 Å². The second-order valence-corrected chi connectivity index (χ2v) is 9.81. The van der Waals surface area contributed by atoms with E-state index < -0.39 is 76.5 Å². The number of azide groups is 3. The van der Waals surface area contributed by atoms with Gasteiger partial charge in [-0.3, -0.25) is 19.2 Å². The molecule has 0 radical (unpaired) electrons. The van der Waals surface area contributed by atoms with Crippen LogP contribution in [-0.2, 0) is 56.9 Å². The molecule has 0 aromatic heterocycles. The van der Waals surface area contributed by atoms with Crippen molar-refractivity contribution in [2.45, 2.75) is 35.6 Å². The predicted octanol–water partition coefficient (Wildman–Crippen LogP) is 9.19. The van der Waals surface area contributed by atoms with Crippen LogP contribution in [0.5, 0.6) is 0 Å². The van der Waals surface area contributed by atoms with Crippen LogP contribution in [0, 0.1) is 0 Å². The van der Waals surface area contributed by atoms with Gasteiger partial charge in [-0.25, -0.2) is 0 Å². The Bertz CT molecular complexity index is 653. The van der Waals surface area contributed by atoms with Crippen LogP contribution in [0.15, 0.2) is 15.3 Å². The third kappa shape index (κ3) is 189. The fraction of sp³-hybridized carbons (Fsp3) is 0.667. The monoisotopic (exact) mass is 1290 g/mol. The molecule has 0 saturated heterocycles. The summed E-state index contributed by atoms with van der Waals surface area (Å²) in [6.45, 7) is -0.0180. The van der Waals surface area contributed by atoms with Crippen molar-refractivity contribution in [3.05, 3.63) is 55.9 Å². The molecule has 0 amide bonds. The number of carboxylic acids is 2. The normalized spacial score (nSPS) is 5.60. The molecule has 0 aliphatic heterocycles. The van der Waals surface area contributed by atoms with E-state index in [-0.39, 0.29) is 64.3 Å². The number of carbonyl (C=O) groups is 4. The second-order valence-electron chi connectivity index (χ2n) is 3.24. The van der Waals surface area contributed by atoms with Crippen molar-refractivity contribution in [3.63, 3.8) is 0 Å². The Morgan fingerprint density at radius 3 is 1.00 bits per heavy atom. The average Bonchev–Trinajstić information content (AvgIpc) is 2.78. The quantitative estimate of drug-likeness (QED) is 0.0620. The zero-order valence-corrected chi connectivity index (χ0v) is 30.9. The maximum absolute atomic E-state index is 10.5. The molecule has 0 aliphatic carbocycles. The molecule has 14 N–H and O–H groups in total. The molecule has 0 aliphatic rings. The molecule has 0 rings (SSSR count). The van der Waals surface area contributed by atoms with E-state index in [1.807, 2.05) is 0 Å². The number of hydrogen-bond donors (Lipinski definition) is 2. The van der Waals surface area contributed by atoms with Crippen LogP contribution in [0.2, 0.25) is 0 Å². The zero-order chi connectivity index (χ0) is 27.5. The van der Waals surface area contributed by atoms with Gasteiger partial charge in [0.2, 0.25) is 0 Å². The fourth-order valence-electron chi connectivity index (χ4n) is 0.462. The van der Waals surface area contributed by atoms with Gasteiger partial charge in [-0.05, 0) is 16.6 Å². The molecule has 0 fully saturated rings. The Hall–Kier alpha value is -0.233. The van der Waals surface area contributed by atoms with Crippen LogP contribution in [0.4, 0.5) is 0 Å². The van der Waals surface area contributed by atoms with E-state index in [9.17, 15) is 19.2 Å². The van der Waals surface area contributed by atoms with Crippen LogP contribution < -0.4 is 0 Å². The predicted molar refractivity (Wildman–Crippen MR) is 179 cm³/mol. The van der Waals surface area contributed by atoms with E-state index in [0.29, 0.717) is 0 Å². The Kier molecular flexibility index (Phi) is 242. The van der Waals surface area contributed by atoms with Crippen LogP contribution >= 0.6 is 74.9 Å². The minimum Gasteiger partial charge on any atom is -0.693 e. The first-order valence-corrected chi connectivity index (χ1v) is 24.1. The van der Waals surface area contributed by atoms with E-state index in [1.165, 1.54) is 0 Å².